The number of para-hydroxylation sites is 1. The standard InChI is InChI=1S/C23H34N2O3/c1-17(2)24-15-20(26)16-28-23-8-6-5-7-21(23)22(27)14-11-18-9-12-19(13-10-18)25(3)4/h5-10,12-13,17,20,22,24,26-27H,11,14-16H2,1-4H3. The van der Waals surface area contributed by atoms with Gasteiger partial charge in [0.05, 0.1) is 6.10 Å². The Morgan fingerprint density at radius 1 is 1.00 bits per heavy atom. The number of ether oxygens (including phenoxy) is 1. The number of benzene rings is 2. The zero-order valence-corrected chi connectivity index (χ0v) is 17.4. The number of hydrogen-bond acceptors (Lipinski definition) is 5. The van der Waals surface area contributed by atoms with Crippen LogP contribution in [0, 0.1) is 0 Å². The van der Waals surface area contributed by atoms with E-state index in [0.717, 1.165) is 17.7 Å². The van der Waals surface area contributed by atoms with Gasteiger partial charge in [0.2, 0.25) is 0 Å². The van der Waals surface area contributed by atoms with E-state index in [9.17, 15) is 10.2 Å². The van der Waals surface area contributed by atoms with Crippen molar-refractivity contribution in [3.63, 3.8) is 0 Å². The van der Waals surface area contributed by atoms with Crippen LogP contribution in [-0.2, 0) is 6.42 Å². The molecule has 0 aromatic heterocycles. The Hall–Kier alpha value is -2.08. The van der Waals surface area contributed by atoms with E-state index in [4.69, 9.17) is 4.74 Å². The summed E-state index contributed by atoms with van der Waals surface area (Å²) >= 11 is 0. The minimum Gasteiger partial charge on any atom is -0.490 e. The SMILES string of the molecule is CC(C)NCC(O)COc1ccccc1C(O)CCc1ccc(N(C)C)cc1. The van der Waals surface area contributed by atoms with Crippen LogP contribution in [0.5, 0.6) is 5.75 Å². The summed E-state index contributed by atoms with van der Waals surface area (Å²) in [6.45, 7) is 4.74. The van der Waals surface area contributed by atoms with Crippen molar-refractivity contribution in [3.05, 3.63) is 59.7 Å². The van der Waals surface area contributed by atoms with Gasteiger partial charge in [-0.1, -0.05) is 44.2 Å². The number of anilines is 1. The van der Waals surface area contributed by atoms with Crippen LogP contribution >= 0.6 is 0 Å². The predicted molar refractivity (Wildman–Crippen MR) is 115 cm³/mol. The first-order valence-electron chi connectivity index (χ1n) is 9.94. The van der Waals surface area contributed by atoms with Crippen molar-refractivity contribution in [1.82, 2.24) is 5.32 Å². The lowest BCUT2D eigenvalue weighted by molar-refractivity contribution is 0.1000. The molecule has 0 saturated carbocycles. The average Bonchev–Trinajstić information content (AvgIpc) is 2.69. The molecule has 0 fully saturated rings. The number of rotatable bonds is 11. The van der Waals surface area contributed by atoms with Crippen LogP contribution in [0.2, 0.25) is 0 Å². The third-order valence-electron chi connectivity index (χ3n) is 4.63. The second-order valence-corrected chi connectivity index (χ2v) is 7.68. The van der Waals surface area contributed by atoms with Gasteiger partial charge in [-0.25, -0.2) is 0 Å². The van der Waals surface area contributed by atoms with E-state index < -0.39 is 12.2 Å². The zero-order valence-electron chi connectivity index (χ0n) is 17.4. The van der Waals surface area contributed by atoms with E-state index >= 15 is 0 Å². The van der Waals surface area contributed by atoms with Crippen LogP contribution in [0.3, 0.4) is 0 Å². The van der Waals surface area contributed by atoms with Gasteiger partial charge in [-0.2, -0.15) is 0 Å². The number of aryl methyl sites for hydroxylation is 1. The number of hydrogen-bond donors (Lipinski definition) is 3. The van der Waals surface area contributed by atoms with Crippen molar-refractivity contribution < 1.29 is 14.9 Å². The second-order valence-electron chi connectivity index (χ2n) is 7.68. The van der Waals surface area contributed by atoms with Crippen LogP contribution in [0.4, 0.5) is 5.69 Å². The number of nitrogens with zero attached hydrogens (tertiary/aromatic N) is 1. The first-order chi connectivity index (χ1) is 13.4. The Kier molecular flexibility index (Phi) is 8.77. The maximum atomic E-state index is 10.7. The summed E-state index contributed by atoms with van der Waals surface area (Å²) in [5, 5.41) is 23.9. The molecule has 2 aromatic carbocycles. The first kappa shape index (κ1) is 22.2. The average molecular weight is 387 g/mol. The molecule has 28 heavy (non-hydrogen) atoms. The largest absolute Gasteiger partial charge is 0.490 e. The summed E-state index contributed by atoms with van der Waals surface area (Å²) in [7, 11) is 4.04. The molecule has 0 bridgehead atoms. The fourth-order valence-electron chi connectivity index (χ4n) is 2.92. The van der Waals surface area contributed by atoms with Crippen molar-refractivity contribution in [1.29, 1.82) is 0 Å². The molecule has 0 aliphatic carbocycles. The van der Waals surface area contributed by atoms with E-state index in [2.05, 4.69) is 34.5 Å². The highest BCUT2D eigenvalue weighted by atomic mass is 16.5. The van der Waals surface area contributed by atoms with Gasteiger partial charge in [0, 0.05) is 37.9 Å². The van der Waals surface area contributed by atoms with E-state index in [1.807, 2.05) is 52.2 Å². The van der Waals surface area contributed by atoms with Crippen LogP contribution in [-0.4, -0.2) is 49.6 Å². The molecule has 154 valence electrons. The molecule has 0 radical (unpaired) electrons. The van der Waals surface area contributed by atoms with Gasteiger partial charge < -0.3 is 25.2 Å². The molecule has 5 heteroatoms. The van der Waals surface area contributed by atoms with Crippen molar-refractivity contribution >= 4 is 5.69 Å². The Morgan fingerprint density at radius 3 is 2.32 bits per heavy atom. The van der Waals surface area contributed by atoms with Gasteiger partial charge >= 0.3 is 0 Å². The summed E-state index contributed by atoms with van der Waals surface area (Å²) < 4.78 is 5.79. The van der Waals surface area contributed by atoms with Crippen LogP contribution < -0.4 is 15.0 Å². The van der Waals surface area contributed by atoms with Crippen molar-refractivity contribution in [2.24, 2.45) is 0 Å². The van der Waals surface area contributed by atoms with Crippen LogP contribution in [0.1, 0.15) is 37.5 Å². The highest BCUT2D eigenvalue weighted by Gasteiger charge is 2.15. The molecule has 5 nitrogen and oxygen atoms in total. The smallest absolute Gasteiger partial charge is 0.125 e. The Bertz CT molecular complexity index is 701. The van der Waals surface area contributed by atoms with Crippen LogP contribution in [0.25, 0.3) is 0 Å². The summed E-state index contributed by atoms with van der Waals surface area (Å²) in [5.41, 5.74) is 3.11. The van der Waals surface area contributed by atoms with Crippen molar-refractivity contribution in [3.8, 4) is 5.75 Å². The predicted octanol–water partition coefficient (Wildman–Crippen LogP) is 3.16. The van der Waals surface area contributed by atoms with Gasteiger partial charge in [0.1, 0.15) is 18.5 Å². The second kappa shape index (κ2) is 11.1. The molecular weight excluding hydrogens is 352 g/mol. The van der Waals surface area contributed by atoms with E-state index in [1.54, 1.807) is 0 Å². The third kappa shape index (κ3) is 7.15. The minimum absolute atomic E-state index is 0.190. The molecule has 0 amide bonds. The lowest BCUT2D eigenvalue weighted by Gasteiger charge is -2.19. The molecule has 2 rings (SSSR count). The maximum Gasteiger partial charge on any atom is 0.125 e. The number of aliphatic hydroxyl groups is 2. The van der Waals surface area contributed by atoms with Gasteiger partial charge in [-0.3, -0.25) is 0 Å². The molecule has 0 heterocycles. The van der Waals surface area contributed by atoms with Crippen molar-refractivity contribution in [2.75, 3.05) is 32.1 Å². The Labute approximate surface area is 169 Å². The van der Waals surface area contributed by atoms with Gasteiger partial charge in [-0.15, -0.1) is 0 Å². The van der Waals surface area contributed by atoms with E-state index in [-0.39, 0.29) is 6.61 Å². The first-order valence-corrected chi connectivity index (χ1v) is 9.94. The topological polar surface area (TPSA) is 65.0 Å². The summed E-state index contributed by atoms with van der Waals surface area (Å²) in [6.07, 6.45) is 0.182. The molecular formula is C23H34N2O3. The third-order valence-corrected chi connectivity index (χ3v) is 4.63. The molecule has 2 aromatic rings. The summed E-state index contributed by atoms with van der Waals surface area (Å²) in [4.78, 5) is 2.07. The van der Waals surface area contributed by atoms with Gasteiger partial charge in [0.25, 0.3) is 0 Å². The molecule has 0 aliphatic rings. The molecule has 2 atom stereocenters. The monoisotopic (exact) mass is 386 g/mol. The molecule has 0 aliphatic heterocycles. The lowest BCUT2D eigenvalue weighted by atomic mass is 10.0. The number of aliphatic hydroxyl groups excluding tert-OH is 2. The summed E-state index contributed by atoms with van der Waals surface area (Å²) in [6, 6.07) is 16.2. The van der Waals surface area contributed by atoms with Crippen LogP contribution in [0.15, 0.2) is 48.5 Å². The fraction of sp³-hybridized carbons (Fsp3) is 0.478. The van der Waals surface area contributed by atoms with Crippen molar-refractivity contribution in [2.45, 2.75) is 44.9 Å². The maximum absolute atomic E-state index is 10.7. The highest BCUT2D eigenvalue weighted by molar-refractivity contribution is 5.46. The molecule has 0 spiro atoms. The quantitative estimate of drug-likeness (QED) is 0.554. The molecule has 0 saturated heterocycles. The van der Waals surface area contributed by atoms with E-state index in [1.165, 1.54) is 5.56 Å². The normalized spacial score (nSPS) is 13.4. The van der Waals surface area contributed by atoms with Gasteiger partial charge in [-0.05, 0) is 36.6 Å². The Balaban J connectivity index is 1.91. The molecule has 2 unspecified atom stereocenters. The lowest BCUT2D eigenvalue weighted by Crippen LogP contribution is -2.35. The minimum atomic E-state index is -0.615. The molecule has 3 N–H and O–H groups in total. The van der Waals surface area contributed by atoms with Gasteiger partial charge in [0.15, 0.2) is 0 Å². The zero-order chi connectivity index (χ0) is 20.5. The highest BCUT2D eigenvalue weighted by Crippen LogP contribution is 2.28. The number of nitrogens with one attached hydrogen (secondary N) is 1. The Morgan fingerprint density at radius 2 is 1.68 bits per heavy atom. The fourth-order valence-corrected chi connectivity index (χ4v) is 2.92. The van der Waals surface area contributed by atoms with E-state index in [0.29, 0.717) is 24.8 Å². The summed E-state index contributed by atoms with van der Waals surface area (Å²) in [5.74, 6) is 0.626.